The zero-order valence-corrected chi connectivity index (χ0v) is 21.8. The number of halogens is 2. The summed E-state index contributed by atoms with van der Waals surface area (Å²) in [6, 6.07) is 7.29. The second-order valence-corrected chi connectivity index (χ2v) is 7.82. The van der Waals surface area contributed by atoms with Gasteiger partial charge in [0.25, 0.3) is 0 Å². The van der Waals surface area contributed by atoms with Gasteiger partial charge in [0.15, 0.2) is 5.96 Å². The fraction of sp³-hybridized carbons (Fsp3) is 0.619. The van der Waals surface area contributed by atoms with Gasteiger partial charge in [-0.15, -0.1) is 24.0 Å². The summed E-state index contributed by atoms with van der Waals surface area (Å²) in [5, 5.41) is 4.07. The Morgan fingerprint density at radius 3 is 2.55 bits per heavy atom. The van der Waals surface area contributed by atoms with Gasteiger partial charge in [0, 0.05) is 45.8 Å². The van der Waals surface area contributed by atoms with Crippen LogP contribution in [0.1, 0.15) is 6.42 Å². The molecule has 0 aromatic heterocycles. The number of guanidine groups is 1. The lowest BCUT2D eigenvalue weighted by atomic mass is 10.3. The van der Waals surface area contributed by atoms with Crippen molar-refractivity contribution in [1.29, 1.82) is 0 Å². The first kappa shape index (κ1) is 27.7. The number of rotatable bonds is 10. The first-order chi connectivity index (χ1) is 14.5. The molecule has 0 spiro atoms. The molecule has 1 N–H and O–H groups in total. The summed E-state index contributed by atoms with van der Waals surface area (Å²) in [5.74, 6) is 1.44. The maximum absolute atomic E-state index is 12.0. The van der Waals surface area contributed by atoms with Crippen LogP contribution in [0, 0.1) is 0 Å². The van der Waals surface area contributed by atoms with Gasteiger partial charge < -0.3 is 24.6 Å². The van der Waals surface area contributed by atoms with E-state index < -0.39 is 0 Å². The van der Waals surface area contributed by atoms with Crippen molar-refractivity contribution >= 4 is 47.4 Å². The van der Waals surface area contributed by atoms with Gasteiger partial charge in [-0.25, -0.2) is 4.99 Å². The SMILES string of the molecule is CN(C)C(=O)CN=C(NCCCN1CCOCC1)N(C)CCOc1ccc(Cl)cc1.I. The average molecular weight is 568 g/mol. The van der Waals surface area contributed by atoms with Gasteiger partial charge in [0.1, 0.15) is 18.9 Å². The number of carbonyl (C=O) groups excluding carboxylic acids is 1. The van der Waals surface area contributed by atoms with Crippen LogP contribution in [0.3, 0.4) is 0 Å². The molecule has 176 valence electrons. The number of morpholine rings is 1. The molecule has 1 aliphatic heterocycles. The Hall–Kier alpha value is -1.30. The summed E-state index contributed by atoms with van der Waals surface area (Å²) in [4.78, 5) is 22.4. The van der Waals surface area contributed by atoms with Crippen molar-refractivity contribution in [3.05, 3.63) is 29.3 Å². The second kappa shape index (κ2) is 15.5. The molecule has 0 aliphatic carbocycles. The summed E-state index contributed by atoms with van der Waals surface area (Å²) in [6.45, 7) is 6.63. The zero-order valence-electron chi connectivity index (χ0n) is 18.7. The molecule has 31 heavy (non-hydrogen) atoms. The van der Waals surface area contributed by atoms with Crippen molar-refractivity contribution in [3.8, 4) is 5.75 Å². The van der Waals surface area contributed by atoms with E-state index in [1.165, 1.54) is 0 Å². The highest BCUT2D eigenvalue weighted by atomic mass is 127. The van der Waals surface area contributed by atoms with E-state index >= 15 is 0 Å². The topological polar surface area (TPSA) is 69.6 Å². The average Bonchev–Trinajstić information content (AvgIpc) is 2.75. The minimum Gasteiger partial charge on any atom is -0.492 e. The molecule has 1 fully saturated rings. The number of hydrogen-bond donors (Lipinski definition) is 1. The number of aliphatic imine (C=N–C) groups is 1. The van der Waals surface area contributed by atoms with E-state index in [0.29, 0.717) is 24.1 Å². The molecule has 1 aromatic carbocycles. The first-order valence-electron chi connectivity index (χ1n) is 10.3. The molecule has 0 bridgehead atoms. The van der Waals surface area contributed by atoms with Gasteiger partial charge in [0.2, 0.25) is 5.91 Å². The van der Waals surface area contributed by atoms with E-state index in [1.807, 2.05) is 24.1 Å². The lowest BCUT2D eigenvalue weighted by Gasteiger charge is -2.27. The smallest absolute Gasteiger partial charge is 0.243 e. The zero-order chi connectivity index (χ0) is 21.8. The third-order valence-corrected chi connectivity index (χ3v) is 5.02. The quantitative estimate of drug-likeness (QED) is 0.202. The molecule has 1 aliphatic rings. The van der Waals surface area contributed by atoms with Crippen LogP contribution < -0.4 is 10.1 Å². The third kappa shape index (κ3) is 11.2. The van der Waals surface area contributed by atoms with Crippen molar-refractivity contribution in [2.45, 2.75) is 6.42 Å². The highest BCUT2D eigenvalue weighted by molar-refractivity contribution is 14.0. The van der Waals surface area contributed by atoms with Crippen LogP contribution in [0.4, 0.5) is 0 Å². The molecule has 0 atom stereocenters. The molecule has 1 amide bonds. The lowest BCUT2D eigenvalue weighted by Crippen LogP contribution is -2.43. The standard InChI is InChI=1S/C21H34ClN5O3.HI/c1-25(2)20(28)17-24-21(23-9-4-10-27-12-14-29-15-13-27)26(3)11-16-30-19-7-5-18(22)6-8-19;/h5-8H,4,9-17H2,1-3H3,(H,23,24);1H. The maximum atomic E-state index is 12.0. The van der Waals surface area contributed by atoms with E-state index in [2.05, 4.69) is 15.2 Å². The van der Waals surface area contributed by atoms with Crippen molar-refractivity contribution in [2.24, 2.45) is 4.99 Å². The van der Waals surface area contributed by atoms with Gasteiger partial charge >= 0.3 is 0 Å². The monoisotopic (exact) mass is 567 g/mol. The number of nitrogens with zero attached hydrogens (tertiary/aromatic N) is 4. The van der Waals surface area contributed by atoms with Crippen molar-refractivity contribution in [3.63, 3.8) is 0 Å². The van der Waals surface area contributed by atoms with Crippen LogP contribution in [-0.4, -0.2) is 107 Å². The number of amides is 1. The van der Waals surface area contributed by atoms with Crippen molar-refractivity contribution < 1.29 is 14.3 Å². The van der Waals surface area contributed by atoms with Crippen LogP contribution in [0.5, 0.6) is 5.75 Å². The molecule has 8 nitrogen and oxygen atoms in total. The van der Waals surface area contributed by atoms with E-state index in [4.69, 9.17) is 21.1 Å². The Kier molecular flexibility index (Phi) is 13.9. The molecule has 10 heteroatoms. The van der Waals surface area contributed by atoms with Crippen LogP contribution in [0.15, 0.2) is 29.3 Å². The number of hydrogen-bond acceptors (Lipinski definition) is 5. The Labute approximate surface area is 207 Å². The molecule has 0 unspecified atom stereocenters. The largest absolute Gasteiger partial charge is 0.492 e. The Morgan fingerprint density at radius 2 is 1.90 bits per heavy atom. The number of likely N-dealkylation sites (N-methyl/N-ethyl adjacent to an activating group) is 2. The molecule has 0 saturated carbocycles. The number of carbonyl (C=O) groups is 1. The van der Waals surface area contributed by atoms with Gasteiger partial charge in [-0.05, 0) is 37.2 Å². The summed E-state index contributed by atoms with van der Waals surface area (Å²) in [7, 11) is 5.41. The number of nitrogens with one attached hydrogen (secondary N) is 1. The maximum Gasteiger partial charge on any atom is 0.243 e. The summed E-state index contributed by atoms with van der Waals surface area (Å²) in [6.07, 6.45) is 0.996. The predicted octanol–water partition coefficient (Wildman–Crippen LogP) is 2.02. The molecule has 1 aromatic rings. The van der Waals surface area contributed by atoms with E-state index in [0.717, 1.165) is 51.6 Å². The molecule has 1 saturated heterocycles. The van der Waals surface area contributed by atoms with Crippen LogP contribution in [0.25, 0.3) is 0 Å². The van der Waals surface area contributed by atoms with Crippen molar-refractivity contribution in [1.82, 2.24) is 20.0 Å². The Balaban J connectivity index is 0.00000480. The Morgan fingerprint density at radius 1 is 1.23 bits per heavy atom. The summed E-state index contributed by atoms with van der Waals surface area (Å²) in [5.41, 5.74) is 0. The highest BCUT2D eigenvalue weighted by Crippen LogP contribution is 2.15. The summed E-state index contributed by atoms with van der Waals surface area (Å²) >= 11 is 5.90. The van der Waals surface area contributed by atoms with Gasteiger partial charge in [-0.3, -0.25) is 9.69 Å². The van der Waals surface area contributed by atoms with Gasteiger partial charge in [-0.1, -0.05) is 11.6 Å². The fourth-order valence-electron chi connectivity index (χ4n) is 2.86. The Bertz CT molecular complexity index is 669. The molecule has 0 radical (unpaired) electrons. The van der Waals surface area contributed by atoms with Crippen molar-refractivity contribution in [2.75, 3.05) is 80.2 Å². The van der Waals surface area contributed by atoms with Crippen LogP contribution in [0.2, 0.25) is 5.02 Å². The van der Waals surface area contributed by atoms with Crippen LogP contribution >= 0.6 is 35.6 Å². The van der Waals surface area contributed by atoms with E-state index in [1.54, 1.807) is 31.1 Å². The van der Waals surface area contributed by atoms with E-state index in [9.17, 15) is 4.79 Å². The van der Waals surface area contributed by atoms with Crippen LogP contribution in [-0.2, 0) is 9.53 Å². The number of ether oxygens (including phenoxy) is 2. The van der Waals surface area contributed by atoms with Gasteiger partial charge in [0.05, 0.1) is 19.8 Å². The van der Waals surface area contributed by atoms with Gasteiger partial charge in [-0.2, -0.15) is 0 Å². The number of benzene rings is 1. The predicted molar refractivity (Wildman–Crippen MR) is 136 cm³/mol. The molecular formula is C21H35ClIN5O3. The van der Waals surface area contributed by atoms with E-state index in [-0.39, 0.29) is 36.4 Å². The third-order valence-electron chi connectivity index (χ3n) is 4.77. The normalized spacial score (nSPS) is 14.5. The highest BCUT2D eigenvalue weighted by Gasteiger charge is 2.11. The molecule has 2 rings (SSSR count). The second-order valence-electron chi connectivity index (χ2n) is 7.39. The fourth-order valence-corrected chi connectivity index (χ4v) is 2.99. The molecular weight excluding hydrogens is 533 g/mol. The minimum absolute atomic E-state index is 0. The lowest BCUT2D eigenvalue weighted by molar-refractivity contribution is -0.127. The first-order valence-corrected chi connectivity index (χ1v) is 10.7. The summed E-state index contributed by atoms with van der Waals surface area (Å²) < 4.78 is 11.2. The molecule has 1 heterocycles. The minimum atomic E-state index is -0.0339.